The molecular weight excluding hydrogens is 356 g/mol. The van der Waals surface area contributed by atoms with Gasteiger partial charge in [0.25, 0.3) is 5.91 Å². The van der Waals surface area contributed by atoms with Crippen LogP contribution >= 0.6 is 0 Å². The number of aryl methyl sites for hydroxylation is 1. The van der Waals surface area contributed by atoms with Gasteiger partial charge in [0.2, 0.25) is 0 Å². The van der Waals surface area contributed by atoms with Crippen LogP contribution < -0.4 is 5.73 Å². The molecule has 1 aromatic carbocycles. The fraction of sp³-hybridized carbons (Fsp3) is 0.100. The first kappa shape index (κ1) is 17.3. The Kier molecular flexibility index (Phi) is 3.86. The normalized spacial score (nSPS) is 10.9. The molecule has 28 heavy (non-hydrogen) atoms. The lowest BCUT2D eigenvalue weighted by Crippen LogP contribution is -2.15. The summed E-state index contributed by atoms with van der Waals surface area (Å²) in [6, 6.07) is 7.19. The largest absolute Gasteiger partial charge is 0.508 e. The maximum atomic E-state index is 12.0. The monoisotopic (exact) mass is 372 g/mol. The zero-order valence-corrected chi connectivity index (χ0v) is 15.2. The van der Waals surface area contributed by atoms with E-state index in [2.05, 4.69) is 21.3 Å². The van der Waals surface area contributed by atoms with Gasteiger partial charge in [0, 0.05) is 23.3 Å². The minimum atomic E-state index is -0.644. The van der Waals surface area contributed by atoms with E-state index in [9.17, 15) is 15.2 Å². The number of hydrogen-bond donors (Lipinski definition) is 3. The number of phenols is 1. The van der Waals surface area contributed by atoms with Gasteiger partial charge in [0.15, 0.2) is 0 Å². The molecule has 4 rings (SSSR count). The quantitative estimate of drug-likeness (QED) is 0.508. The van der Waals surface area contributed by atoms with Gasteiger partial charge in [0.05, 0.1) is 17.4 Å². The molecule has 8 heteroatoms. The summed E-state index contributed by atoms with van der Waals surface area (Å²) in [5, 5.41) is 27.1. The summed E-state index contributed by atoms with van der Waals surface area (Å²) in [6.07, 6.45) is 4.73. The van der Waals surface area contributed by atoms with Crippen molar-refractivity contribution in [1.29, 1.82) is 5.26 Å². The third-order valence-corrected chi connectivity index (χ3v) is 4.85. The first-order valence-corrected chi connectivity index (χ1v) is 8.47. The zero-order valence-electron chi connectivity index (χ0n) is 15.2. The fourth-order valence-electron chi connectivity index (χ4n) is 3.52. The van der Waals surface area contributed by atoms with E-state index in [4.69, 9.17) is 5.73 Å². The summed E-state index contributed by atoms with van der Waals surface area (Å²) in [5.74, 6) is -0.507. The SMILES string of the molecule is Cc1ccc(O)c(C)c1-c1cnc2c(cc(C(N)=O)n2-c2cn[nH]c2)c1C#N. The van der Waals surface area contributed by atoms with Gasteiger partial charge >= 0.3 is 0 Å². The fourth-order valence-corrected chi connectivity index (χ4v) is 3.52. The molecule has 4 N–H and O–H groups in total. The Morgan fingerprint density at radius 2 is 2.11 bits per heavy atom. The molecule has 0 aliphatic carbocycles. The van der Waals surface area contributed by atoms with E-state index in [1.165, 1.54) is 6.20 Å². The Labute approximate surface area is 159 Å². The number of carbonyl (C=O) groups is 1. The number of hydrogen-bond acceptors (Lipinski definition) is 5. The van der Waals surface area contributed by atoms with Crippen molar-refractivity contribution in [1.82, 2.24) is 19.7 Å². The number of H-pyrrole nitrogens is 1. The summed E-state index contributed by atoms with van der Waals surface area (Å²) in [6.45, 7) is 3.69. The molecule has 0 saturated heterocycles. The maximum absolute atomic E-state index is 12.0. The van der Waals surface area contributed by atoms with Crippen molar-refractivity contribution in [3.63, 3.8) is 0 Å². The van der Waals surface area contributed by atoms with Crippen molar-refractivity contribution < 1.29 is 9.90 Å². The number of amides is 1. The van der Waals surface area contributed by atoms with Crippen LogP contribution in [-0.4, -0.2) is 30.8 Å². The summed E-state index contributed by atoms with van der Waals surface area (Å²) in [7, 11) is 0. The van der Waals surface area contributed by atoms with Crippen molar-refractivity contribution >= 4 is 16.9 Å². The van der Waals surface area contributed by atoms with Crippen LogP contribution in [0.1, 0.15) is 27.2 Å². The lowest BCUT2D eigenvalue weighted by Gasteiger charge is -2.13. The minimum absolute atomic E-state index is 0.137. The third kappa shape index (κ3) is 2.41. The molecule has 0 bridgehead atoms. The number of rotatable bonds is 3. The number of benzene rings is 1. The molecule has 0 atom stereocenters. The number of nitriles is 1. The Bertz CT molecular complexity index is 1280. The highest BCUT2D eigenvalue weighted by atomic mass is 16.3. The molecule has 0 aliphatic rings. The lowest BCUT2D eigenvalue weighted by molar-refractivity contribution is 0.0994. The van der Waals surface area contributed by atoms with E-state index >= 15 is 0 Å². The molecule has 0 spiro atoms. The second-order valence-electron chi connectivity index (χ2n) is 6.48. The lowest BCUT2D eigenvalue weighted by atomic mass is 9.92. The molecule has 0 aliphatic heterocycles. The van der Waals surface area contributed by atoms with E-state index in [1.54, 1.807) is 42.1 Å². The number of phenolic OH excluding ortho intramolecular Hbond substituents is 1. The van der Waals surface area contributed by atoms with Crippen LogP contribution in [-0.2, 0) is 0 Å². The number of aromatic amines is 1. The molecule has 0 radical (unpaired) electrons. The standard InChI is InChI=1S/C20H16N6O2/c1-10-3-4-17(27)11(2)18(10)15-9-23-20-13(14(15)6-21)5-16(19(22)28)26(20)12-7-24-25-8-12/h3-5,7-9,27H,1-2H3,(H2,22,28)(H,24,25). The van der Waals surface area contributed by atoms with Crippen LogP contribution in [0.2, 0.25) is 0 Å². The van der Waals surface area contributed by atoms with Gasteiger partial charge in [-0.15, -0.1) is 0 Å². The van der Waals surface area contributed by atoms with Crippen molar-refractivity contribution in [3.05, 3.63) is 59.2 Å². The highest BCUT2D eigenvalue weighted by Gasteiger charge is 2.22. The summed E-state index contributed by atoms with van der Waals surface area (Å²) < 4.78 is 1.56. The van der Waals surface area contributed by atoms with Gasteiger partial charge in [-0.25, -0.2) is 4.98 Å². The molecule has 1 amide bonds. The van der Waals surface area contributed by atoms with E-state index < -0.39 is 5.91 Å². The number of aromatic nitrogens is 4. The zero-order chi connectivity index (χ0) is 20.0. The van der Waals surface area contributed by atoms with Crippen LogP contribution in [0.5, 0.6) is 5.75 Å². The van der Waals surface area contributed by atoms with Crippen LogP contribution in [0, 0.1) is 25.2 Å². The van der Waals surface area contributed by atoms with Crippen LogP contribution in [0.4, 0.5) is 0 Å². The van der Waals surface area contributed by atoms with Crippen LogP contribution in [0.15, 0.2) is 36.8 Å². The van der Waals surface area contributed by atoms with Crippen molar-refractivity contribution in [2.45, 2.75) is 13.8 Å². The van der Waals surface area contributed by atoms with E-state index in [1.807, 2.05) is 6.92 Å². The highest BCUT2D eigenvalue weighted by Crippen LogP contribution is 2.37. The topological polar surface area (TPSA) is 134 Å². The van der Waals surface area contributed by atoms with Gasteiger partial charge in [-0.05, 0) is 42.7 Å². The van der Waals surface area contributed by atoms with E-state index in [0.29, 0.717) is 33.4 Å². The maximum Gasteiger partial charge on any atom is 0.265 e. The number of pyridine rings is 1. The first-order valence-electron chi connectivity index (χ1n) is 8.47. The second-order valence-corrected chi connectivity index (χ2v) is 6.48. The molecule has 3 aromatic heterocycles. The Hall–Kier alpha value is -4.12. The van der Waals surface area contributed by atoms with Gasteiger partial charge < -0.3 is 10.8 Å². The number of nitrogens with zero attached hydrogens (tertiary/aromatic N) is 4. The number of primary amides is 1. The Morgan fingerprint density at radius 3 is 2.75 bits per heavy atom. The number of nitrogens with one attached hydrogen (secondary N) is 1. The van der Waals surface area contributed by atoms with Crippen LogP contribution in [0.3, 0.4) is 0 Å². The van der Waals surface area contributed by atoms with E-state index in [-0.39, 0.29) is 11.4 Å². The first-order chi connectivity index (χ1) is 13.4. The highest BCUT2D eigenvalue weighted by molar-refractivity contribution is 6.01. The average Bonchev–Trinajstić information content (AvgIpc) is 3.31. The van der Waals surface area contributed by atoms with Gasteiger partial charge in [-0.1, -0.05) is 6.07 Å². The molecule has 4 aromatic rings. The predicted octanol–water partition coefficient (Wildman–Crippen LogP) is 2.71. The molecule has 0 saturated carbocycles. The summed E-state index contributed by atoms with van der Waals surface area (Å²) in [5.41, 5.74) is 9.99. The van der Waals surface area contributed by atoms with Crippen molar-refractivity contribution in [2.24, 2.45) is 5.73 Å². The van der Waals surface area contributed by atoms with Gasteiger partial charge in [-0.3, -0.25) is 14.5 Å². The van der Waals surface area contributed by atoms with Crippen molar-refractivity contribution in [2.75, 3.05) is 0 Å². The summed E-state index contributed by atoms with van der Waals surface area (Å²) >= 11 is 0. The Balaban J connectivity index is 2.11. The smallest absolute Gasteiger partial charge is 0.265 e. The average molecular weight is 372 g/mol. The molecule has 8 nitrogen and oxygen atoms in total. The van der Waals surface area contributed by atoms with E-state index in [0.717, 1.165) is 11.1 Å². The van der Waals surface area contributed by atoms with Crippen molar-refractivity contribution in [3.8, 4) is 28.6 Å². The molecular formula is C20H16N6O2. The van der Waals surface area contributed by atoms with Gasteiger partial charge in [0.1, 0.15) is 23.2 Å². The third-order valence-electron chi connectivity index (χ3n) is 4.85. The molecule has 0 fully saturated rings. The van der Waals surface area contributed by atoms with Gasteiger partial charge in [-0.2, -0.15) is 10.4 Å². The predicted molar refractivity (Wildman–Crippen MR) is 103 cm³/mol. The molecule has 3 heterocycles. The number of fused-ring (bicyclic) bond motifs is 1. The number of aromatic hydroxyl groups is 1. The molecule has 138 valence electrons. The second kappa shape index (κ2) is 6.25. The Morgan fingerprint density at radius 1 is 1.32 bits per heavy atom. The molecule has 0 unspecified atom stereocenters. The number of nitrogens with two attached hydrogens (primary N) is 1. The minimum Gasteiger partial charge on any atom is -0.508 e. The summed E-state index contributed by atoms with van der Waals surface area (Å²) in [4.78, 5) is 16.5. The van der Waals surface area contributed by atoms with Crippen LogP contribution in [0.25, 0.3) is 27.8 Å². The number of carbonyl (C=O) groups excluding carboxylic acids is 1.